The Morgan fingerprint density at radius 1 is 1.40 bits per heavy atom. The fraction of sp³-hybridized carbons (Fsp3) is 0.231. The van der Waals surface area contributed by atoms with E-state index in [1.54, 1.807) is 0 Å². The standard InChI is InChI=1S/C13H13ClO/c1-2-10(9-14)7-12-8-11-5-3-4-6-13(11)15-12/h3-8H,2,9H2,1H3. The van der Waals surface area contributed by atoms with E-state index in [4.69, 9.17) is 16.0 Å². The van der Waals surface area contributed by atoms with Gasteiger partial charge in [-0.25, -0.2) is 0 Å². The van der Waals surface area contributed by atoms with E-state index in [1.165, 1.54) is 5.57 Å². The normalized spacial score (nSPS) is 12.3. The minimum absolute atomic E-state index is 0.563. The number of hydrogen-bond acceptors (Lipinski definition) is 1. The summed E-state index contributed by atoms with van der Waals surface area (Å²) < 4.78 is 5.67. The molecule has 78 valence electrons. The molecule has 1 heterocycles. The lowest BCUT2D eigenvalue weighted by Gasteiger charge is -1.95. The highest BCUT2D eigenvalue weighted by Gasteiger charge is 2.01. The number of alkyl halides is 1. The van der Waals surface area contributed by atoms with Crippen molar-refractivity contribution in [1.82, 2.24) is 0 Å². The molecule has 1 aromatic heterocycles. The molecule has 0 saturated heterocycles. The molecule has 0 fully saturated rings. The SMILES string of the molecule is CCC(=Cc1cc2ccccc2o1)CCl. The van der Waals surface area contributed by atoms with Gasteiger partial charge in [-0.2, -0.15) is 0 Å². The van der Waals surface area contributed by atoms with Crippen LogP contribution in [0.25, 0.3) is 17.0 Å². The molecule has 0 aliphatic heterocycles. The molecule has 0 spiro atoms. The highest BCUT2D eigenvalue weighted by molar-refractivity contribution is 6.19. The van der Waals surface area contributed by atoms with Crippen molar-refractivity contribution >= 4 is 28.6 Å². The second-order valence-corrected chi connectivity index (χ2v) is 3.74. The van der Waals surface area contributed by atoms with Crippen LogP contribution < -0.4 is 0 Å². The molecule has 0 amide bonds. The van der Waals surface area contributed by atoms with Crippen LogP contribution in [0.15, 0.2) is 40.3 Å². The van der Waals surface area contributed by atoms with Crippen molar-refractivity contribution in [3.05, 3.63) is 41.7 Å². The van der Waals surface area contributed by atoms with Gasteiger partial charge in [0, 0.05) is 11.3 Å². The van der Waals surface area contributed by atoms with Crippen molar-refractivity contribution in [1.29, 1.82) is 0 Å². The van der Waals surface area contributed by atoms with E-state index in [-0.39, 0.29) is 0 Å². The molecule has 1 nitrogen and oxygen atoms in total. The molecule has 0 bridgehead atoms. The van der Waals surface area contributed by atoms with E-state index in [2.05, 4.69) is 6.92 Å². The van der Waals surface area contributed by atoms with Crippen molar-refractivity contribution < 1.29 is 4.42 Å². The first-order valence-electron chi connectivity index (χ1n) is 5.07. The van der Waals surface area contributed by atoms with E-state index >= 15 is 0 Å². The van der Waals surface area contributed by atoms with Crippen LogP contribution in [0.1, 0.15) is 19.1 Å². The van der Waals surface area contributed by atoms with Crippen LogP contribution in [0.2, 0.25) is 0 Å². The maximum atomic E-state index is 5.81. The number of benzene rings is 1. The summed E-state index contributed by atoms with van der Waals surface area (Å²) in [4.78, 5) is 0. The molecule has 2 aromatic rings. The Kier molecular flexibility index (Phi) is 3.12. The maximum absolute atomic E-state index is 5.81. The Morgan fingerprint density at radius 3 is 2.87 bits per heavy atom. The average Bonchev–Trinajstić information content (AvgIpc) is 2.68. The maximum Gasteiger partial charge on any atom is 0.134 e. The van der Waals surface area contributed by atoms with Gasteiger partial charge in [0.25, 0.3) is 0 Å². The predicted octanol–water partition coefficient (Wildman–Crippen LogP) is 4.47. The van der Waals surface area contributed by atoms with Gasteiger partial charge < -0.3 is 4.42 Å². The number of halogens is 1. The van der Waals surface area contributed by atoms with Crippen LogP contribution in [0.4, 0.5) is 0 Å². The summed E-state index contributed by atoms with van der Waals surface area (Å²) in [6.07, 6.45) is 2.98. The first kappa shape index (κ1) is 10.3. The monoisotopic (exact) mass is 220 g/mol. The largest absolute Gasteiger partial charge is 0.457 e. The van der Waals surface area contributed by atoms with Gasteiger partial charge in [0.1, 0.15) is 11.3 Å². The van der Waals surface area contributed by atoms with Gasteiger partial charge in [-0.05, 0) is 24.6 Å². The smallest absolute Gasteiger partial charge is 0.134 e. The Morgan fingerprint density at radius 2 is 2.20 bits per heavy atom. The van der Waals surface area contributed by atoms with Crippen LogP contribution in [-0.4, -0.2) is 5.88 Å². The van der Waals surface area contributed by atoms with Gasteiger partial charge in [0.05, 0.1) is 0 Å². The number of furan rings is 1. The third-order valence-electron chi connectivity index (χ3n) is 2.42. The molecule has 0 radical (unpaired) electrons. The van der Waals surface area contributed by atoms with Gasteiger partial charge in [0.2, 0.25) is 0 Å². The average molecular weight is 221 g/mol. The molecule has 15 heavy (non-hydrogen) atoms. The third-order valence-corrected chi connectivity index (χ3v) is 2.76. The first-order chi connectivity index (χ1) is 7.33. The predicted molar refractivity (Wildman–Crippen MR) is 65.2 cm³/mol. The topological polar surface area (TPSA) is 13.1 Å². The Bertz CT molecular complexity index is 443. The third kappa shape index (κ3) is 2.24. The molecule has 0 atom stereocenters. The second-order valence-electron chi connectivity index (χ2n) is 3.48. The number of fused-ring (bicyclic) bond motifs is 1. The fourth-order valence-electron chi connectivity index (χ4n) is 1.51. The Hall–Kier alpha value is -1.21. The number of para-hydroxylation sites is 1. The summed E-state index contributed by atoms with van der Waals surface area (Å²) in [6.45, 7) is 2.09. The molecule has 0 aliphatic rings. The fourth-order valence-corrected chi connectivity index (χ4v) is 1.78. The van der Waals surface area contributed by atoms with E-state index < -0.39 is 0 Å². The molecular weight excluding hydrogens is 208 g/mol. The summed E-state index contributed by atoms with van der Waals surface area (Å²) in [6, 6.07) is 10.0. The van der Waals surface area contributed by atoms with E-state index in [9.17, 15) is 0 Å². The van der Waals surface area contributed by atoms with Gasteiger partial charge in [-0.1, -0.05) is 30.7 Å². The van der Waals surface area contributed by atoms with Gasteiger partial charge in [-0.3, -0.25) is 0 Å². The van der Waals surface area contributed by atoms with Crippen LogP contribution in [-0.2, 0) is 0 Å². The summed E-state index contributed by atoms with van der Waals surface area (Å²) in [5.41, 5.74) is 2.12. The zero-order valence-corrected chi connectivity index (χ0v) is 9.42. The van der Waals surface area contributed by atoms with Crippen molar-refractivity contribution in [3.8, 4) is 0 Å². The van der Waals surface area contributed by atoms with Crippen molar-refractivity contribution in [3.63, 3.8) is 0 Å². The van der Waals surface area contributed by atoms with Crippen molar-refractivity contribution in [2.75, 3.05) is 5.88 Å². The van der Waals surface area contributed by atoms with Crippen LogP contribution in [0.5, 0.6) is 0 Å². The zero-order chi connectivity index (χ0) is 10.7. The molecule has 0 unspecified atom stereocenters. The lowest BCUT2D eigenvalue weighted by Crippen LogP contribution is -1.80. The molecule has 2 heteroatoms. The van der Waals surface area contributed by atoms with E-state index in [1.807, 2.05) is 36.4 Å². The summed E-state index contributed by atoms with van der Waals surface area (Å²) in [7, 11) is 0. The molecule has 1 aromatic carbocycles. The van der Waals surface area contributed by atoms with E-state index in [0.717, 1.165) is 23.2 Å². The van der Waals surface area contributed by atoms with Crippen molar-refractivity contribution in [2.24, 2.45) is 0 Å². The quantitative estimate of drug-likeness (QED) is 0.696. The minimum Gasteiger partial charge on any atom is -0.457 e. The lowest BCUT2D eigenvalue weighted by molar-refractivity contribution is 0.603. The Labute approximate surface area is 94.3 Å². The lowest BCUT2D eigenvalue weighted by atomic mass is 10.2. The summed E-state index contributed by atoms with van der Waals surface area (Å²) in [5.74, 6) is 1.45. The zero-order valence-electron chi connectivity index (χ0n) is 8.66. The molecule has 2 rings (SSSR count). The van der Waals surface area contributed by atoms with Gasteiger partial charge in [0.15, 0.2) is 0 Å². The molecular formula is C13H13ClO. The first-order valence-corrected chi connectivity index (χ1v) is 5.61. The van der Waals surface area contributed by atoms with Crippen LogP contribution >= 0.6 is 11.6 Å². The Balaban J connectivity index is 2.40. The summed E-state index contributed by atoms with van der Waals surface area (Å²) in [5, 5.41) is 1.13. The highest BCUT2D eigenvalue weighted by atomic mass is 35.5. The van der Waals surface area contributed by atoms with Crippen LogP contribution in [0, 0.1) is 0 Å². The number of rotatable bonds is 3. The molecule has 0 aliphatic carbocycles. The van der Waals surface area contributed by atoms with Crippen molar-refractivity contribution in [2.45, 2.75) is 13.3 Å². The highest BCUT2D eigenvalue weighted by Crippen LogP contribution is 2.21. The molecule has 0 N–H and O–H groups in total. The van der Waals surface area contributed by atoms with E-state index in [0.29, 0.717) is 5.88 Å². The van der Waals surface area contributed by atoms with Gasteiger partial charge >= 0.3 is 0 Å². The minimum atomic E-state index is 0.563. The molecule has 0 saturated carbocycles. The van der Waals surface area contributed by atoms with Gasteiger partial charge in [-0.15, -0.1) is 11.6 Å². The second kappa shape index (κ2) is 4.54. The summed E-state index contributed by atoms with van der Waals surface area (Å²) >= 11 is 5.81. The van der Waals surface area contributed by atoms with Crippen LogP contribution in [0.3, 0.4) is 0 Å². The number of allylic oxidation sites excluding steroid dienone is 1. The number of hydrogen-bond donors (Lipinski definition) is 0.